The lowest BCUT2D eigenvalue weighted by Crippen LogP contribution is -2.06. The fourth-order valence-corrected chi connectivity index (χ4v) is 2.59. The Kier molecular flexibility index (Phi) is 5.41. The van der Waals surface area contributed by atoms with E-state index in [1.807, 2.05) is 61.5 Å². The van der Waals surface area contributed by atoms with Crippen LogP contribution in [0.3, 0.4) is 0 Å². The minimum atomic E-state index is 0.571. The molecule has 3 aromatic rings. The SMILES string of the molecule is COc1ccccc1CN/N=C/c1ccc(-c2ccc(C)c(Cl)c2)o1. The Bertz CT molecular complexity index is 887. The molecule has 0 aliphatic rings. The fraction of sp³-hybridized carbons (Fsp3) is 0.150. The number of hydrogen-bond acceptors (Lipinski definition) is 4. The minimum Gasteiger partial charge on any atom is -0.496 e. The van der Waals surface area contributed by atoms with Gasteiger partial charge in [-0.25, -0.2) is 0 Å². The van der Waals surface area contributed by atoms with Crippen LogP contribution in [0.4, 0.5) is 0 Å². The molecule has 1 aromatic heterocycles. The van der Waals surface area contributed by atoms with E-state index in [0.717, 1.165) is 33.2 Å². The Balaban J connectivity index is 1.63. The lowest BCUT2D eigenvalue weighted by Gasteiger charge is -2.06. The molecule has 0 unspecified atom stereocenters. The Morgan fingerprint density at radius 3 is 2.80 bits per heavy atom. The smallest absolute Gasteiger partial charge is 0.147 e. The number of ether oxygens (including phenoxy) is 1. The van der Waals surface area contributed by atoms with Gasteiger partial charge in [0, 0.05) is 16.1 Å². The second-order valence-corrected chi connectivity index (χ2v) is 5.98. The fourth-order valence-electron chi connectivity index (χ4n) is 2.41. The summed E-state index contributed by atoms with van der Waals surface area (Å²) in [4.78, 5) is 0. The monoisotopic (exact) mass is 354 g/mol. The van der Waals surface area contributed by atoms with E-state index in [0.29, 0.717) is 12.3 Å². The highest BCUT2D eigenvalue weighted by molar-refractivity contribution is 6.31. The van der Waals surface area contributed by atoms with Gasteiger partial charge in [-0.1, -0.05) is 41.9 Å². The van der Waals surface area contributed by atoms with Gasteiger partial charge in [0.2, 0.25) is 0 Å². The van der Waals surface area contributed by atoms with Gasteiger partial charge in [0.05, 0.1) is 19.9 Å². The number of para-hydroxylation sites is 1. The maximum atomic E-state index is 6.17. The van der Waals surface area contributed by atoms with Crippen LogP contribution >= 0.6 is 11.6 Å². The maximum absolute atomic E-state index is 6.17. The summed E-state index contributed by atoms with van der Waals surface area (Å²) < 4.78 is 11.1. The molecule has 0 saturated heterocycles. The van der Waals surface area contributed by atoms with Gasteiger partial charge in [-0.3, -0.25) is 0 Å². The predicted molar refractivity (Wildman–Crippen MR) is 101 cm³/mol. The highest BCUT2D eigenvalue weighted by Gasteiger charge is 2.05. The van der Waals surface area contributed by atoms with E-state index in [1.54, 1.807) is 13.3 Å². The molecule has 1 heterocycles. The molecule has 0 spiro atoms. The predicted octanol–water partition coefficient (Wildman–Crippen LogP) is 5.04. The number of hydrogen-bond donors (Lipinski definition) is 1. The molecule has 1 N–H and O–H groups in total. The molecule has 0 aliphatic carbocycles. The summed E-state index contributed by atoms with van der Waals surface area (Å²) in [5.41, 5.74) is 6.02. The van der Waals surface area contributed by atoms with Crippen LogP contribution in [-0.4, -0.2) is 13.3 Å². The topological polar surface area (TPSA) is 46.8 Å². The summed E-state index contributed by atoms with van der Waals surface area (Å²) in [6, 6.07) is 17.5. The molecule has 0 atom stereocenters. The molecule has 0 saturated carbocycles. The van der Waals surface area contributed by atoms with Gasteiger partial charge in [-0.05, 0) is 36.8 Å². The average molecular weight is 355 g/mol. The minimum absolute atomic E-state index is 0.571. The molecular weight excluding hydrogens is 336 g/mol. The van der Waals surface area contributed by atoms with Crippen LogP contribution in [0.25, 0.3) is 11.3 Å². The first-order chi connectivity index (χ1) is 12.2. The van der Waals surface area contributed by atoms with E-state index in [2.05, 4.69) is 10.5 Å². The number of aryl methyl sites for hydroxylation is 1. The third kappa shape index (κ3) is 4.22. The standard InChI is InChI=1S/C20H19ClN2O2/c1-14-7-8-15(11-18(14)21)20-10-9-17(25-20)13-23-22-12-16-5-3-4-6-19(16)24-2/h3-11,13,22H,12H2,1-2H3/b23-13+. The van der Waals surface area contributed by atoms with Crippen molar-refractivity contribution in [3.05, 3.63) is 76.5 Å². The molecule has 0 radical (unpaired) electrons. The van der Waals surface area contributed by atoms with Crippen LogP contribution in [0.15, 0.2) is 64.1 Å². The third-order valence-electron chi connectivity index (χ3n) is 3.83. The Morgan fingerprint density at radius 1 is 1.16 bits per heavy atom. The lowest BCUT2D eigenvalue weighted by atomic mass is 10.1. The molecule has 0 bridgehead atoms. The van der Waals surface area contributed by atoms with Crippen molar-refractivity contribution >= 4 is 17.8 Å². The van der Waals surface area contributed by atoms with Crippen molar-refractivity contribution < 1.29 is 9.15 Å². The Morgan fingerprint density at radius 2 is 2.00 bits per heavy atom. The van der Waals surface area contributed by atoms with Gasteiger partial charge in [0.1, 0.15) is 17.3 Å². The van der Waals surface area contributed by atoms with E-state index >= 15 is 0 Å². The highest BCUT2D eigenvalue weighted by atomic mass is 35.5. The van der Waals surface area contributed by atoms with Crippen LogP contribution in [0, 0.1) is 6.92 Å². The number of furan rings is 1. The molecule has 2 aromatic carbocycles. The molecule has 3 rings (SSSR count). The van der Waals surface area contributed by atoms with Gasteiger partial charge >= 0.3 is 0 Å². The van der Waals surface area contributed by atoms with Crippen LogP contribution in [0.1, 0.15) is 16.9 Å². The number of benzene rings is 2. The molecule has 5 heteroatoms. The first kappa shape index (κ1) is 17.1. The van der Waals surface area contributed by atoms with Crippen molar-refractivity contribution in [1.29, 1.82) is 0 Å². The number of halogens is 1. The van der Waals surface area contributed by atoms with Crippen LogP contribution in [0.5, 0.6) is 5.75 Å². The molecule has 0 fully saturated rings. The quantitative estimate of drug-likeness (QED) is 0.498. The van der Waals surface area contributed by atoms with Crippen LogP contribution < -0.4 is 10.2 Å². The Hall–Kier alpha value is -2.72. The number of nitrogens with zero attached hydrogens (tertiary/aromatic N) is 1. The zero-order valence-electron chi connectivity index (χ0n) is 14.1. The van der Waals surface area contributed by atoms with Crippen molar-refractivity contribution in [3.8, 4) is 17.1 Å². The van der Waals surface area contributed by atoms with Crippen molar-refractivity contribution in [2.24, 2.45) is 5.10 Å². The summed E-state index contributed by atoms with van der Waals surface area (Å²) in [6.45, 7) is 2.54. The highest BCUT2D eigenvalue weighted by Crippen LogP contribution is 2.26. The average Bonchev–Trinajstić information content (AvgIpc) is 3.10. The van der Waals surface area contributed by atoms with E-state index < -0.39 is 0 Å². The maximum Gasteiger partial charge on any atom is 0.147 e. The molecule has 25 heavy (non-hydrogen) atoms. The zero-order chi connectivity index (χ0) is 17.6. The number of nitrogens with one attached hydrogen (secondary N) is 1. The van der Waals surface area contributed by atoms with E-state index in [1.165, 1.54) is 0 Å². The molecule has 0 amide bonds. The van der Waals surface area contributed by atoms with Crippen molar-refractivity contribution in [1.82, 2.24) is 5.43 Å². The van der Waals surface area contributed by atoms with Crippen LogP contribution in [-0.2, 0) is 6.54 Å². The van der Waals surface area contributed by atoms with Gasteiger partial charge in [0.25, 0.3) is 0 Å². The van der Waals surface area contributed by atoms with Crippen LogP contribution in [0.2, 0.25) is 5.02 Å². The molecular formula is C20H19ClN2O2. The molecule has 128 valence electrons. The van der Waals surface area contributed by atoms with Gasteiger partial charge < -0.3 is 14.6 Å². The number of rotatable bonds is 6. The first-order valence-electron chi connectivity index (χ1n) is 7.91. The number of methoxy groups -OCH3 is 1. The second-order valence-electron chi connectivity index (χ2n) is 5.57. The van der Waals surface area contributed by atoms with E-state index in [9.17, 15) is 0 Å². The summed E-state index contributed by atoms with van der Waals surface area (Å²) in [5, 5.41) is 4.93. The largest absolute Gasteiger partial charge is 0.496 e. The van der Waals surface area contributed by atoms with E-state index in [4.69, 9.17) is 20.8 Å². The van der Waals surface area contributed by atoms with Gasteiger partial charge in [0.15, 0.2) is 0 Å². The lowest BCUT2D eigenvalue weighted by molar-refractivity contribution is 0.408. The van der Waals surface area contributed by atoms with E-state index in [-0.39, 0.29) is 0 Å². The van der Waals surface area contributed by atoms with Crippen molar-refractivity contribution in [2.75, 3.05) is 7.11 Å². The Labute approximate surface area is 152 Å². The number of hydrazone groups is 1. The zero-order valence-corrected chi connectivity index (χ0v) is 14.9. The normalized spacial score (nSPS) is 11.0. The van der Waals surface area contributed by atoms with Crippen molar-refractivity contribution in [2.45, 2.75) is 13.5 Å². The van der Waals surface area contributed by atoms with Gasteiger partial charge in [-0.15, -0.1) is 0 Å². The molecule has 0 aliphatic heterocycles. The third-order valence-corrected chi connectivity index (χ3v) is 4.24. The second kappa shape index (κ2) is 7.90. The summed E-state index contributed by atoms with van der Waals surface area (Å²) in [5.74, 6) is 2.26. The molecule has 4 nitrogen and oxygen atoms in total. The summed E-state index contributed by atoms with van der Waals surface area (Å²) in [7, 11) is 1.66. The van der Waals surface area contributed by atoms with Crippen molar-refractivity contribution in [3.63, 3.8) is 0 Å². The first-order valence-corrected chi connectivity index (χ1v) is 8.29. The summed E-state index contributed by atoms with van der Waals surface area (Å²) in [6.07, 6.45) is 1.65. The van der Waals surface area contributed by atoms with Gasteiger partial charge in [-0.2, -0.15) is 5.10 Å². The summed E-state index contributed by atoms with van der Waals surface area (Å²) >= 11 is 6.17.